The van der Waals surface area contributed by atoms with Gasteiger partial charge >= 0.3 is 0 Å². The zero-order chi connectivity index (χ0) is 23.2. The number of aryl methyl sites for hydroxylation is 2. The summed E-state index contributed by atoms with van der Waals surface area (Å²) in [6, 6.07) is 6.69. The smallest absolute Gasteiger partial charge is 0.290 e. The van der Waals surface area contributed by atoms with Gasteiger partial charge in [-0.2, -0.15) is 0 Å². The fourth-order valence-corrected chi connectivity index (χ4v) is 4.59. The van der Waals surface area contributed by atoms with Crippen molar-refractivity contribution in [3.63, 3.8) is 0 Å². The van der Waals surface area contributed by atoms with E-state index in [0.29, 0.717) is 45.9 Å². The Balaban J connectivity index is 2.05. The maximum Gasteiger partial charge on any atom is 0.290 e. The number of ether oxygens (including phenoxy) is 3. The lowest BCUT2D eigenvalue weighted by Gasteiger charge is -2.26. The molecule has 0 spiro atoms. The third-order valence-electron chi connectivity index (χ3n) is 5.88. The van der Waals surface area contributed by atoms with E-state index < -0.39 is 6.04 Å². The Kier molecular flexibility index (Phi) is 5.59. The second-order valence-corrected chi connectivity index (χ2v) is 7.99. The molecular weight excluding hydrogens is 410 g/mol. The molecule has 0 fully saturated rings. The first kappa shape index (κ1) is 21.7. The van der Waals surface area contributed by atoms with Crippen molar-refractivity contribution in [3.8, 4) is 17.2 Å². The molecular formula is C25H27NO6. The van der Waals surface area contributed by atoms with Gasteiger partial charge in [0.2, 0.25) is 11.5 Å². The molecule has 0 aliphatic carbocycles. The Morgan fingerprint density at radius 3 is 2.19 bits per heavy atom. The molecule has 1 amide bonds. The Morgan fingerprint density at radius 1 is 0.969 bits per heavy atom. The lowest BCUT2D eigenvalue weighted by molar-refractivity contribution is 0.0727. The molecule has 7 nitrogen and oxygen atoms in total. The number of carbonyl (C=O) groups is 1. The van der Waals surface area contributed by atoms with Gasteiger partial charge in [0, 0.05) is 6.54 Å². The van der Waals surface area contributed by atoms with E-state index in [4.69, 9.17) is 18.6 Å². The van der Waals surface area contributed by atoms with E-state index in [0.717, 1.165) is 17.5 Å². The molecule has 7 heteroatoms. The van der Waals surface area contributed by atoms with Gasteiger partial charge in [-0.25, -0.2) is 0 Å². The molecule has 2 aromatic carbocycles. The van der Waals surface area contributed by atoms with Crippen LogP contribution in [0.3, 0.4) is 0 Å². The molecule has 3 aromatic rings. The summed E-state index contributed by atoms with van der Waals surface area (Å²) in [6.45, 7) is 6.27. The summed E-state index contributed by atoms with van der Waals surface area (Å²) < 4.78 is 22.5. The summed E-state index contributed by atoms with van der Waals surface area (Å²) in [5, 5.41) is 0.498. The van der Waals surface area contributed by atoms with Crippen molar-refractivity contribution in [2.24, 2.45) is 0 Å². The van der Waals surface area contributed by atoms with Gasteiger partial charge in [0.05, 0.1) is 38.3 Å². The average Bonchev–Trinajstić information content (AvgIpc) is 3.04. The minimum Gasteiger partial charge on any atom is -0.493 e. The highest BCUT2D eigenvalue weighted by Gasteiger charge is 2.43. The molecule has 0 saturated heterocycles. The third kappa shape index (κ3) is 3.20. The number of hydrogen-bond donors (Lipinski definition) is 0. The number of fused-ring (bicyclic) bond motifs is 2. The summed E-state index contributed by atoms with van der Waals surface area (Å²) in [7, 11) is 4.60. The van der Waals surface area contributed by atoms with Crippen molar-refractivity contribution in [1.82, 2.24) is 4.90 Å². The van der Waals surface area contributed by atoms with Crippen LogP contribution in [0.5, 0.6) is 17.2 Å². The van der Waals surface area contributed by atoms with Crippen LogP contribution < -0.4 is 19.6 Å². The molecule has 0 radical (unpaired) electrons. The van der Waals surface area contributed by atoms with E-state index in [-0.39, 0.29) is 17.1 Å². The standard InChI is InChI=1S/C25H27NO6/c1-7-8-26-21(15-11-17(29-4)23(31-6)18(12-15)30-5)20-22(27)19-14(3)9-13(2)10-16(19)32-24(20)25(26)28/h9-12,21H,7-8H2,1-6H3. The van der Waals surface area contributed by atoms with Gasteiger partial charge < -0.3 is 23.5 Å². The highest BCUT2D eigenvalue weighted by molar-refractivity contribution is 5.99. The van der Waals surface area contributed by atoms with Gasteiger partial charge in [0.15, 0.2) is 16.9 Å². The highest BCUT2D eigenvalue weighted by Crippen LogP contribution is 2.45. The van der Waals surface area contributed by atoms with E-state index >= 15 is 0 Å². The number of nitrogens with zero attached hydrogens (tertiary/aromatic N) is 1. The third-order valence-corrected chi connectivity index (χ3v) is 5.88. The Morgan fingerprint density at radius 2 is 1.62 bits per heavy atom. The van der Waals surface area contributed by atoms with Crippen molar-refractivity contribution in [3.05, 3.63) is 62.5 Å². The molecule has 168 valence electrons. The molecule has 0 bridgehead atoms. The van der Waals surface area contributed by atoms with Crippen molar-refractivity contribution < 1.29 is 23.4 Å². The zero-order valence-electron chi connectivity index (χ0n) is 19.2. The fraction of sp³-hybridized carbons (Fsp3) is 0.360. The summed E-state index contributed by atoms with van der Waals surface area (Å²) in [4.78, 5) is 28.8. The number of hydrogen-bond acceptors (Lipinski definition) is 6. The summed E-state index contributed by atoms with van der Waals surface area (Å²) >= 11 is 0. The van der Waals surface area contributed by atoms with Crippen molar-refractivity contribution in [2.45, 2.75) is 33.2 Å². The van der Waals surface area contributed by atoms with Gasteiger partial charge in [0.25, 0.3) is 5.91 Å². The van der Waals surface area contributed by atoms with E-state index in [1.807, 2.05) is 26.8 Å². The molecule has 1 unspecified atom stereocenters. The number of amides is 1. The largest absolute Gasteiger partial charge is 0.493 e. The molecule has 1 aromatic heterocycles. The molecule has 1 aliphatic heterocycles. The highest BCUT2D eigenvalue weighted by atomic mass is 16.5. The maximum atomic E-state index is 13.7. The van der Waals surface area contributed by atoms with E-state index in [2.05, 4.69) is 0 Å². The summed E-state index contributed by atoms with van der Waals surface area (Å²) in [5.41, 5.74) is 3.07. The first-order chi connectivity index (χ1) is 15.4. The SMILES string of the molecule is CCCN1C(=O)c2oc3cc(C)cc(C)c3c(=O)c2C1c1cc(OC)c(OC)c(OC)c1. The van der Waals surface area contributed by atoms with E-state index in [1.54, 1.807) is 23.1 Å². The average molecular weight is 437 g/mol. The van der Waals surface area contributed by atoms with Gasteiger partial charge in [-0.05, 0) is 55.2 Å². The van der Waals surface area contributed by atoms with Gasteiger partial charge in [-0.15, -0.1) is 0 Å². The van der Waals surface area contributed by atoms with Gasteiger partial charge in [0.1, 0.15) is 5.58 Å². The molecule has 1 aliphatic rings. The normalized spacial score (nSPS) is 15.2. The van der Waals surface area contributed by atoms with Crippen LogP contribution in [0, 0.1) is 13.8 Å². The summed E-state index contributed by atoms with van der Waals surface area (Å²) in [6.07, 6.45) is 0.729. The summed E-state index contributed by atoms with van der Waals surface area (Å²) in [5.74, 6) is 1.16. The predicted molar refractivity (Wildman–Crippen MR) is 121 cm³/mol. The van der Waals surface area contributed by atoms with Crippen LogP contribution in [0.4, 0.5) is 0 Å². The zero-order valence-corrected chi connectivity index (χ0v) is 19.2. The number of methoxy groups -OCH3 is 3. The predicted octanol–water partition coefficient (Wildman–Crippen LogP) is 4.39. The lowest BCUT2D eigenvalue weighted by atomic mass is 9.96. The van der Waals surface area contributed by atoms with Crippen LogP contribution in [0.2, 0.25) is 0 Å². The molecule has 2 heterocycles. The Bertz CT molecular complexity index is 1250. The van der Waals surface area contributed by atoms with Crippen LogP contribution in [0.1, 0.15) is 52.2 Å². The van der Waals surface area contributed by atoms with Crippen molar-refractivity contribution in [1.29, 1.82) is 0 Å². The maximum absolute atomic E-state index is 13.7. The molecule has 0 saturated carbocycles. The van der Waals surface area contributed by atoms with Gasteiger partial charge in [-0.3, -0.25) is 9.59 Å². The fourth-order valence-electron chi connectivity index (χ4n) is 4.59. The Hall–Kier alpha value is -3.48. The second kappa shape index (κ2) is 8.22. The van der Waals surface area contributed by atoms with Crippen molar-refractivity contribution >= 4 is 16.9 Å². The van der Waals surface area contributed by atoms with Crippen LogP contribution >= 0.6 is 0 Å². The molecule has 32 heavy (non-hydrogen) atoms. The minimum absolute atomic E-state index is 0.0969. The van der Waals surface area contributed by atoms with Crippen LogP contribution in [-0.4, -0.2) is 38.7 Å². The van der Waals surface area contributed by atoms with E-state index in [9.17, 15) is 9.59 Å². The first-order valence-electron chi connectivity index (χ1n) is 10.5. The topological polar surface area (TPSA) is 78.2 Å². The minimum atomic E-state index is -0.618. The number of carbonyl (C=O) groups excluding carboxylic acids is 1. The Labute approximate surface area is 186 Å². The quantitative estimate of drug-likeness (QED) is 0.569. The monoisotopic (exact) mass is 437 g/mol. The van der Waals surface area contributed by atoms with Crippen LogP contribution in [-0.2, 0) is 0 Å². The molecule has 4 rings (SSSR count). The van der Waals surface area contributed by atoms with Crippen LogP contribution in [0.25, 0.3) is 11.0 Å². The molecule has 1 atom stereocenters. The second-order valence-electron chi connectivity index (χ2n) is 7.99. The van der Waals surface area contributed by atoms with E-state index in [1.165, 1.54) is 21.3 Å². The van der Waals surface area contributed by atoms with Gasteiger partial charge in [-0.1, -0.05) is 13.0 Å². The number of rotatable bonds is 6. The van der Waals surface area contributed by atoms with Crippen LogP contribution in [0.15, 0.2) is 33.5 Å². The molecule has 0 N–H and O–H groups in total. The van der Waals surface area contributed by atoms with Crippen molar-refractivity contribution in [2.75, 3.05) is 27.9 Å². The first-order valence-corrected chi connectivity index (χ1v) is 10.5. The lowest BCUT2D eigenvalue weighted by Crippen LogP contribution is -2.30. The number of benzene rings is 2.